The van der Waals surface area contributed by atoms with E-state index in [0.29, 0.717) is 16.7 Å². The average Bonchev–Trinajstić information content (AvgIpc) is 2.28. The molecular formula is C10H15ClN2O2S. The number of hydrogen-bond donors (Lipinski definition) is 2. The Hall–Kier alpha value is -0.330. The molecule has 90 valence electrons. The number of thioether (sulfide) groups is 1. The van der Waals surface area contributed by atoms with Gasteiger partial charge < -0.3 is 15.6 Å². The van der Waals surface area contributed by atoms with E-state index in [0.717, 1.165) is 0 Å². The summed E-state index contributed by atoms with van der Waals surface area (Å²) >= 11 is 7.34. The van der Waals surface area contributed by atoms with Gasteiger partial charge in [0.2, 0.25) is 0 Å². The van der Waals surface area contributed by atoms with Crippen molar-refractivity contribution in [3.63, 3.8) is 0 Å². The van der Waals surface area contributed by atoms with Gasteiger partial charge in [0.15, 0.2) is 0 Å². The van der Waals surface area contributed by atoms with E-state index in [9.17, 15) is 5.11 Å². The predicted molar refractivity (Wildman–Crippen MR) is 65.8 cm³/mol. The van der Waals surface area contributed by atoms with E-state index >= 15 is 0 Å². The molecule has 0 fully saturated rings. The summed E-state index contributed by atoms with van der Waals surface area (Å²) < 4.78 is 4.95. The van der Waals surface area contributed by atoms with E-state index in [1.54, 1.807) is 25.4 Å². The van der Waals surface area contributed by atoms with E-state index in [1.807, 2.05) is 0 Å². The van der Waals surface area contributed by atoms with Crippen molar-refractivity contribution < 1.29 is 9.84 Å². The number of ether oxygens (including phenoxy) is 1. The summed E-state index contributed by atoms with van der Waals surface area (Å²) in [4.78, 5) is 4.13. The largest absolute Gasteiger partial charge is 0.395 e. The summed E-state index contributed by atoms with van der Waals surface area (Å²) in [5, 5.41) is 10.3. The van der Waals surface area contributed by atoms with Gasteiger partial charge in [-0.3, -0.25) is 0 Å². The number of nitrogens with two attached hydrogens (primary N) is 1. The lowest BCUT2D eigenvalue weighted by atomic mass is 10.2. The van der Waals surface area contributed by atoms with Gasteiger partial charge in [-0.25, -0.2) is 4.98 Å². The van der Waals surface area contributed by atoms with Crippen molar-refractivity contribution in [2.24, 2.45) is 5.73 Å². The summed E-state index contributed by atoms with van der Waals surface area (Å²) in [7, 11) is 1.58. The maximum Gasteiger partial charge on any atom is 0.115 e. The van der Waals surface area contributed by atoms with Crippen LogP contribution >= 0.6 is 23.4 Å². The average molecular weight is 263 g/mol. The number of nitrogens with zero attached hydrogens (tertiary/aromatic N) is 1. The molecule has 2 atom stereocenters. The highest BCUT2D eigenvalue weighted by molar-refractivity contribution is 8.00. The van der Waals surface area contributed by atoms with Crippen LogP contribution in [0.5, 0.6) is 0 Å². The zero-order valence-corrected chi connectivity index (χ0v) is 10.5. The molecule has 6 heteroatoms. The summed E-state index contributed by atoms with van der Waals surface area (Å²) in [6, 6.07) is 3.26. The molecule has 1 aromatic heterocycles. The number of halogens is 1. The number of methoxy groups -OCH3 is 1. The predicted octanol–water partition coefficient (Wildman–Crippen LogP) is 1.16. The van der Waals surface area contributed by atoms with E-state index in [4.69, 9.17) is 22.1 Å². The molecular weight excluding hydrogens is 248 g/mol. The molecule has 0 amide bonds. The van der Waals surface area contributed by atoms with Crippen LogP contribution in [-0.2, 0) is 4.74 Å². The number of aliphatic hydroxyl groups excluding tert-OH is 1. The first kappa shape index (κ1) is 13.7. The van der Waals surface area contributed by atoms with Gasteiger partial charge in [-0.2, -0.15) is 0 Å². The van der Waals surface area contributed by atoms with Gasteiger partial charge in [-0.1, -0.05) is 23.4 Å². The maximum absolute atomic E-state index is 9.25. The van der Waals surface area contributed by atoms with Crippen molar-refractivity contribution in [3.05, 3.63) is 23.4 Å². The highest BCUT2D eigenvalue weighted by Crippen LogP contribution is 2.28. The Balaban J connectivity index is 2.66. The second-order valence-electron chi connectivity index (χ2n) is 3.25. The van der Waals surface area contributed by atoms with Crippen LogP contribution in [0.1, 0.15) is 0 Å². The fraction of sp³-hybridized carbons (Fsp3) is 0.500. The fourth-order valence-corrected chi connectivity index (χ4v) is 2.33. The monoisotopic (exact) mass is 262 g/mol. The summed E-state index contributed by atoms with van der Waals surface area (Å²) in [5.41, 5.74) is 5.86. The van der Waals surface area contributed by atoms with Crippen LogP contribution < -0.4 is 5.73 Å². The summed E-state index contributed by atoms with van der Waals surface area (Å²) in [5.74, 6) is 0. The van der Waals surface area contributed by atoms with E-state index in [2.05, 4.69) is 4.98 Å². The molecule has 0 aliphatic carbocycles. The molecule has 2 unspecified atom stereocenters. The Morgan fingerprint density at radius 3 is 3.00 bits per heavy atom. The van der Waals surface area contributed by atoms with Crippen LogP contribution in [-0.4, -0.2) is 41.7 Å². The van der Waals surface area contributed by atoms with Gasteiger partial charge in [0.05, 0.1) is 23.5 Å². The van der Waals surface area contributed by atoms with Crippen LogP contribution in [0.4, 0.5) is 0 Å². The maximum atomic E-state index is 9.25. The van der Waals surface area contributed by atoms with Crippen molar-refractivity contribution in [1.29, 1.82) is 0 Å². The Kier molecular flexibility index (Phi) is 6.08. The molecule has 0 bridgehead atoms. The first-order valence-electron chi connectivity index (χ1n) is 4.81. The van der Waals surface area contributed by atoms with Crippen LogP contribution in [0.2, 0.25) is 5.02 Å². The Morgan fingerprint density at radius 1 is 1.69 bits per heavy atom. The van der Waals surface area contributed by atoms with Crippen molar-refractivity contribution >= 4 is 23.4 Å². The van der Waals surface area contributed by atoms with E-state index < -0.39 is 0 Å². The van der Waals surface area contributed by atoms with Crippen molar-refractivity contribution in [1.82, 2.24) is 4.98 Å². The first-order chi connectivity index (χ1) is 7.69. The quantitative estimate of drug-likeness (QED) is 0.753. The normalized spacial score (nSPS) is 14.8. The van der Waals surface area contributed by atoms with Crippen LogP contribution in [0.15, 0.2) is 23.4 Å². The van der Waals surface area contributed by atoms with Gasteiger partial charge >= 0.3 is 0 Å². The lowest BCUT2D eigenvalue weighted by Gasteiger charge is -2.20. The summed E-state index contributed by atoms with van der Waals surface area (Å²) in [6.07, 6.45) is 1.66. The van der Waals surface area contributed by atoms with Gasteiger partial charge in [-0.15, -0.1) is 0 Å². The highest BCUT2D eigenvalue weighted by Gasteiger charge is 2.19. The van der Waals surface area contributed by atoms with Gasteiger partial charge in [0.1, 0.15) is 5.03 Å². The van der Waals surface area contributed by atoms with Crippen LogP contribution in [0, 0.1) is 0 Å². The minimum atomic E-state index is -0.252. The van der Waals surface area contributed by atoms with Crippen LogP contribution in [0.3, 0.4) is 0 Å². The molecule has 0 saturated carbocycles. The fourth-order valence-electron chi connectivity index (χ4n) is 1.16. The Labute approximate surface area is 104 Å². The minimum absolute atomic E-state index is 0.0396. The molecule has 3 N–H and O–H groups in total. The molecule has 0 aliphatic heterocycles. The lowest BCUT2D eigenvalue weighted by Crippen LogP contribution is -2.38. The lowest BCUT2D eigenvalue weighted by molar-refractivity contribution is 0.167. The van der Waals surface area contributed by atoms with E-state index in [-0.39, 0.29) is 17.9 Å². The second kappa shape index (κ2) is 7.09. The molecule has 0 aromatic carbocycles. The van der Waals surface area contributed by atoms with Gasteiger partial charge in [-0.05, 0) is 12.1 Å². The Bertz CT molecular complexity index is 327. The molecule has 1 heterocycles. The number of pyridine rings is 1. The number of hydrogen-bond acceptors (Lipinski definition) is 5. The Morgan fingerprint density at radius 2 is 2.44 bits per heavy atom. The molecule has 1 rings (SSSR count). The number of rotatable bonds is 6. The first-order valence-corrected chi connectivity index (χ1v) is 6.07. The zero-order valence-electron chi connectivity index (χ0n) is 8.97. The highest BCUT2D eigenvalue weighted by atomic mass is 35.5. The molecule has 4 nitrogen and oxygen atoms in total. The standard InChI is InChI=1S/C10H15ClN2O2S/c1-15-6-8(12)9(5-14)16-10-7(11)3-2-4-13-10/h2-4,8-9,14H,5-6,12H2,1H3. The third kappa shape index (κ3) is 3.92. The molecule has 1 aromatic rings. The van der Waals surface area contributed by atoms with Crippen molar-refractivity contribution in [3.8, 4) is 0 Å². The second-order valence-corrected chi connectivity index (χ2v) is 4.88. The number of aromatic nitrogens is 1. The van der Waals surface area contributed by atoms with Crippen LogP contribution in [0.25, 0.3) is 0 Å². The third-order valence-corrected chi connectivity index (χ3v) is 3.77. The van der Waals surface area contributed by atoms with Gasteiger partial charge in [0, 0.05) is 19.3 Å². The molecule has 0 aliphatic rings. The zero-order chi connectivity index (χ0) is 12.0. The van der Waals surface area contributed by atoms with Crippen molar-refractivity contribution in [2.75, 3.05) is 20.3 Å². The topological polar surface area (TPSA) is 68.4 Å². The van der Waals surface area contributed by atoms with Gasteiger partial charge in [0.25, 0.3) is 0 Å². The molecule has 0 saturated heterocycles. The van der Waals surface area contributed by atoms with E-state index in [1.165, 1.54) is 11.8 Å². The molecule has 16 heavy (non-hydrogen) atoms. The molecule has 0 radical (unpaired) electrons. The third-order valence-electron chi connectivity index (χ3n) is 2.00. The smallest absolute Gasteiger partial charge is 0.115 e. The SMILES string of the molecule is COCC(N)C(CO)Sc1ncccc1Cl. The number of aliphatic hydroxyl groups is 1. The van der Waals surface area contributed by atoms with Crippen molar-refractivity contribution in [2.45, 2.75) is 16.3 Å². The minimum Gasteiger partial charge on any atom is -0.395 e. The molecule has 0 spiro atoms. The summed E-state index contributed by atoms with van der Waals surface area (Å²) in [6.45, 7) is 0.352.